The molecule has 0 bridgehead atoms. The van der Waals surface area contributed by atoms with Crippen LogP contribution in [0, 0.1) is 0 Å². The number of halogens is 3. The Morgan fingerprint density at radius 2 is 1.42 bits per heavy atom. The van der Waals surface area contributed by atoms with Crippen molar-refractivity contribution in [3.8, 4) is 5.75 Å². The molecule has 0 fully saturated rings. The summed E-state index contributed by atoms with van der Waals surface area (Å²) >= 11 is 0. The fraction of sp³-hybridized carbons (Fsp3) is 0.385. The minimum absolute atomic E-state index is 0.0109. The monoisotopic (exact) mass is 370 g/mol. The van der Waals surface area contributed by atoms with Crippen LogP contribution in [-0.4, -0.2) is 36.1 Å². The summed E-state index contributed by atoms with van der Waals surface area (Å²) in [6, 6.07) is 1.19. The zero-order valence-electron chi connectivity index (χ0n) is 12.5. The minimum Gasteiger partial charge on any atom is -0.478 e. The van der Waals surface area contributed by atoms with Gasteiger partial charge in [0, 0.05) is 0 Å². The van der Waals surface area contributed by atoms with Crippen LogP contribution in [0.4, 0.5) is 13.2 Å². The first-order valence-corrected chi connectivity index (χ1v) is 7.94. The Kier molecular flexibility index (Phi) is 5.49. The second-order valence-electron chi connectivity index (χ2n) is 4.57. The molecule has 0 aliphatic rings. The molecule has 0 unspecified atom stereocenters. The molecule has 7 nitrogen and oxygen atoms in total. The van der Waals surface area contributed by atoms with Gasteiger partial charge in [-0.05, 0) is 24.0 Å². The van der Waals surface area contributed by atoms with E-state index in [9.17, 15) is 41.4 Å². The van der Waals surface area contributed by atoms with Crippen molar-refractivity contribution in [3.05, 3.63) is 28.3 Å². The van der Waals surface area contributed by atoms with E-state index in [1.807, 2.05) is 0 Å². The standard InChI is InChI=1S/C13H13F3O7S/c1-3-6-5-7(4-2)9(12(19)20)10(8(6)11(17)18)23-24(21,22)13(14,15)16/h5H,3-4H2,1-2H3,(H,17,18)(H,19,20). The summed E-state index contributed by atoms with van der Waals surface area (Å²) in [5.41, 5.74) is -7.79. The van der Waals surface area contributed by atoms with Crippen molar-refractivity contribution in [1.82, 2.24) is 0 Å². The highest BCUT2D eigenvalue weighted by atomic mass is 32.2. The maximum absolute atomic E-state index is 12.5. The van der Waals surface area contributed by atoms with Crippen molar-refractivity contribution < 1.29 is 45.6 Å². The molecule has 0 radical (unpaired) electrons. The summed E-state index contributed by atoms with van der Waals surface area (Å²) < 4.78 is 64.0. The number of carboxylic acid groups (broad SMARTS) is 2. The van der Waals surface area contributed by atoms with Gasteiger partial charge in [-0.2, -0.15) is 21.6 Å². The molecule has 24 heavy (non-hydrogen) atoms. The number of alkyl halides is 3. The quantitative estimate of drug-likeness (QED) is 0.583. The van der Waals surface area contributed by atoms with E-state index in [0.29, 0.717) is 0 Å². The minimum atomic E-state index is -6.24. The van der Waals surface area contributed by atoms with Crippen LogP contribution < -0.4 is 4.18 Å². The van der Waals surface area contributed by atoms with Gasteiger partial charge in [-0.1, -0.05) is 19.9 Å². The van der Waals surface area contributed by atoms with Crippen molar-refractivity contribution in [1.29, 1.82) is 0 Å². The van der Waals surface area contributed by atoms with Gasteiger partial charge < -0.3 is 14.4 Å². The Bertz CT molecular complexity index is 741. The van der Waals surface area contributed by atoms with Gasteiger partial charge in [0.05, 0.1) is 0 Å². The number of aromatic carboxylic acids is 2. The third-order valence-electron chi connectivity index (χ3n) is 3.11. The van der Waals surface area contributed by atoms with Crippen LogP contribution >= 0.6 is 0 Å². The predicted molar refractivity (Wildman–Crippen MR) is 74.7 cm³/mol. The Morgan fingerprint density at radius 1 is 1.04 bits per heavy atom. The molecule has 0 amide bonds. The molecule has 2 N–H and O–H groups in total. The molecule has 1 aromatic rings. The number of hydrogen-bond acceptors (Lipinski definition) is 5. The lowest BCUT2D eigenvalue weighted by atomic mass is 9.94. The van der Waals surface area contributed by atoms with E-state index in [-0.39, 0.29) is 24.0 Å². The third-order valence-corrected chi connectivity index (χ3v) is 4.06. The fourth-order valence-electron chi connectivity index (χ4n) is 2.04. The smallest absolute Gasteiger partial charge is 0.478 e. The van der Waals surface area contributed by atoms with Crippen molar-refractivity contribution in [2.45, 2.75) is 32.2 Å². The van der Waals surface area contributed by atoms with Crippen LogP contribution in [0.1, 0.15) is 45.7 Å². The Hall–Kier alpha value is -2.30. The number of carboxylic acids is 2. The molecule has 134 valence electrons. The van der Waals surface area contributed by atoms with Gasteiger partial charge in [-0.25, -0.2) is 9.59 Å². The average molecular weight is 370 g/mol. The second-order valence-corrected chi connectivity index (χ2v) is 6.11. The first-order chi connectivity index (χ1) is 10.9. The third kappa shape index (κ3) is 3.61. The maximum atomic E-state index is 12.5. The second kappa shape index (κ2) is 6.67. The SMILES string of the molecule is CCc1cc(CC)c(C(=O)O)c(OS(=O)(=O)C(F)(F)F)c1C(=O)O. The van der Waals surface area contributed by atoms with E-state index in [1.165, 1.54) is 19.9 Å². The Morgan fingerprint density at radius 3 is 1.67 bits per heavy atom. The zero-order valence-corrected chi connectivity index (χ0v) is 13.3. The van der Waals surface area contributed by atoms with E-state index >= 15 is 0 Å². The molecule has 0 aliphatic heterocycles. The first-order valence-electron chi connectivity index (χ1n) is 6.53. The number of rotatable bonds is 6. The lowest BCUT2D eigenvalue weighted by Crippen LogP contribution is -2.30. The van der Waals surface area contributed by atoms with E-state index in [0.717, 1.165) is 0 Å². The summed E-state index contributed by atoms with van der Waals surface area (Å²) in [5, 5.41) is 18.4. The molecule has 0 aliphatic carbocycles. The van der Waals surface area contributed by atoms with Crippen LogP contribution in [-0.2, 0) is 23.0 Å². The number of aryl methyl sites for hydroxylation is 2. The van der Waals surface area contributed by atoms with E-state index < -0.39 is 44.4 Å². The molecule has 0 saturated heterocycles. The Labute approximate surface area is 134 Å². The molecule has 0 spiro atoms. The van der Waals surface area contributed by atoms with Crippen LogP contribution in [0.5, 0.6) is 5.75 Å². The molecular formula is C13H13F3O7S. The van der Waals surface area contributed by atoms with E-state index in [4.69, 9.17) is 0 Å². The zero-order chi connectivity index (χ0) is 18.9. The summed E-state index contributed by atoms with van der Waals surface area (Å²) in [6.07, 6.45) is 0.0217. The number of benzene rings is 1. The van der Waals surface area contributed by atoms with Crippen molar-refractivity contribution in [2.24, 2.45) is 0 Å². The molecule has 0 aromatic heterocycles. The highest BCUT2D eigenvalue weighted by molar-refractivity contribution is 7.88. The van der Waals surface area contributed by atoms with Crippen molar-refractivity contribution >= 4 is 22.1 Å². The van der Waals surface area contributed by atoms with Crippen LogP contribution in [0.15, 0.2) is 6.07 Å². The topological polar surface area (TPSA) is 118 Å². The van der Waals surface area contributed by atoms with Gasteiger partial charge in [-0.3, -0.25) is 0 Å². The molecule has 1 rings (SSSR count). The molecule has 0 saturated carbocycles. The maximum Gasteiger partial charge on any atom is 0.534 e. The van der Waals surface area contributed by atoms with Crippen LogP contribution in [0.2, 0.25) is 0 Å². The van der Waals surface area contributed by atoms with Gasteiger partial charge in [0.25, 0.3) is 0 Å². The van der Waals surface area contributed by atoms with Gasteiger partial charge in [0.2, 0.25) is 0 Å². The summed E-state index contributed by atoms with van der Waals surface area (Å²) in [4.78, 5) is 22.7. The lowest BCUT2D eigenvalue weighted by Gasteiger charge is -2.18. The molecule has 1 aromatic carbocycles. The van der Waals surface area contributed by atoms with Gasteiger partial charge in [-0.15, -0.1) is 0 Å². The number of hydrogen-bond donors (Lipinski definition) is 2. The highest BCUT2D eigenvalue weighted by Gasteiger charge is 2.49. The summed E-state index contributed by atoms with van der Waals surface area (Å²) in [5.74, 6) is -4.95. The van der Waals surface area contributed by atoms with Crippen molar-refractivity contribution in [3.63, 3.8) is 0 Å². The van der Waals surface area contributed by atoms with Crippen LogP contribution in [0.25, 0.3) is 0 Å². The van der Waals surface area contributed by atoms with Crippen LogP contribution in [0.3, 0.4) is 0 Å². The first kappa shape index (κ1) is 19.7. The van der Waals surface area contributed by atoms with Gasteiger partial charge in [0.1, 0.15) is 11.1 Å². The van der Waals surface area contributed by atoms with Gasteiger partial charge >= 0.3 is 27.6 Å². The van der Waals surface area contributed by atoms with E-state index in [1.54, 1.807) is 0 Å². The fourth-order valence-corrected chi connectivity index (χ4v) is 2.52. The van der Waals surface area contributed by atoms with Crippen molar-refractivity contribution in [2.75, 3.05) is 0 Å². The normalized spacial score (nSPS) is 12.0. The summed E-state index contributed by atoms with van der Waals surface area (Å²) in [7, 11) is -6.24. The number of carbonyl (C=O) groups is 2. The average Bonchev–Trinajstić information content (AvgIpc) is 2.43. The predicted octanol–water partition coefficient (Wildman–Crippen LogP) is 2.44. The lowest BCUT2D eigenvalue weighted by molar-refractivity contribution is -0.0501. The molecular weight excluding hydrogens is 357 g/mol. The highest BCUT2D eigenvalue weighted by Crippen LogP contribution is 2.36. The van der Waals surface area contributed by atoms with Gasteiger partial charge in [0.15, 0.2) is 5.75 Å². The molecule has 0 atom stereocenters. The largest absolute Gasteiger partial charge is 0.534 e. The molecule has 0 heterocycles. The molecule has 11 heteroatoms. The van der Waals surface area contributed by atoms with E-state index in [2.05, 4.69) is 4.18 Å². The summed E-state index contributed by atoms with van der Waals surface area (Å²) in [6.45, 7) is 2.95. The Balaban J connectivity index is 3.89.